The molecule has 3 aromatic rings. The van der Waals surface area contributed by atoms with Crippen LogP contribution in [0.1, 0.15) is 5.56 Å². The summed E-state index contributed by atoms with van der Waals surface area (Å²) in [5.41, 5.74) is 4.00. The minimum absolute atomic E-state index is 0. The van der Waals surface area contributed by atoms with Gasteiger partial charge in [-0.15, -0.1) is 11.1 Å². The number of hydrogen-bond donors (Lipinski definition) is 1. The van der Waals surface area contributed by atoms with Crippen LogP contribution in [0.4, 0.5) is 0 Å². The normalized spacial score (nSPS) is 8.52. The van der Waals surface area contributed by atoms with Gasteiger partial charge in [0.15, 0.2) is 0 Å². The van der Waals surface area contributed by atoms with Gasteiger partial charge in [-0.2, -0.15) is 18.2 Å². The van der Waals surface area contributed by atoms with Crippen molar-refractivity contribution in [3.8, 4) is 11.1 Å². The largest absolute Gasteiger partial charge is 0.748 e. The Morgan fingerprint density at radius 2 is 1.29 bits per heavy atom. The summed E-state index contributed by atoms with van der Waals surface area (Å²) in [6.45, 7) is 2.14. The topological polar surface area (TPSA) is 12.0 Å². The first-order valence-electron chi connectivity index (χ1n) is 6.82. The Balaban J connectivity index is 0.000000374. The Kier molecular flexibility index (Phi) is 11.2. The van der Waals surface area contributed by atoms with E-state index in [2.05, 4.69) is 54.7 Å². The van der Waals surface area contributed by atoms with Gasteiger partial charge < -0.3 is 35.6 Å². The fraction of sp³-hybridized carbons (Fsp3) is 0.158. The average molecular weight is 321 g/mol. The van der Waals surface area contributed by atoms with E-state index in [0.717, 1.165) is 0 Å². The second kappa shape index (κ2) is 12.2. The Morgan fingerprint density at radius 1 is 0.810 bits per heavy atom. The SMILES string of the molecule is CNC.C[c-]1cccc1-c1ccccc1.[Fe].[cH-]1[cH-][cH-][cH-][cH-]1. The maximum Gasteiger partial charge on any atom is 0 e. The van der Waals surface area contributed by atoms with Gasteiger partial charge in [-0.1, -0.05) is 42.8 Å². The summed E-state index contributed by atoms with van der Waals surface area (Å²) in [4.78, 5) is 0. The fourth-order valence-corrected chi connectivity index (χ4v) is 1.77. The molecule has 0 radical (unpaired) electrons. The molecule has 1 nitrogen and oxygen atoms in total. The molecule has 3 aromatic carbocycles. The second-order valence-corrected chi connectivity index (χ2v) is 4.45. The van der Waals surface area contributed by atoms with Crippen molar-refractivity contribution in [1.82, 2.24) is 5.32 Å². The summed E-state index contributed by atoms with van der Waals surface area (Å²) < 4.78 is 0. The molecular weight excluding hydrogens is 298 g/mol. The van der Waals surface area contributed by atoms with Crippen LogP contribution in [0.25, 0.3) is 11.1 Å². The summed E-state index contributed by atoms with van der Waals surface area (Å²) in [5, 5.41) is 2.75. The van der Waals surface area contributed by atoms with Gasteiger partial charge in [0.1, 0.15) is 0 Å². The minimum atomic E-state index is 0. The monoisotopic (exact) mass is 321 g/mol. The smallest absolute Gasteiger partial charge is 0 e. The third-order valence-corrected chi connectivity index (χ3v) is 2.67. The molecule has 0 spiro atoms. The van der Waals surface area contributed by atoms with E-state index in [0.29, 0.717) is 0 Å². The fourth-order valence-electron chi connectivity index (χ4n) is 1.77. The molecule has 0 aliphatic heterocycles. The standard InChI is InChI=1S/C12H11.C5H5.C2H7N.Fe/c1-10-6-5-9-12(10)11-7-3-2-4-8-11;1-2-4-5-3-1;1-3-2;/h2-9H,1H3;1-5H;3H,1-2H3;/q-1;-5;;. The zero-order valence-electron chi connectivity index (χ0n) is 12.9. The molecule has 2 heteroatoms. The van der Waals surface area contributed by atoms with Crippen LogP contribution < -0.4 is 5.32 Å². The maximum absolute atomic E-state index is 2.75. The number of rotatable bonds is 1. The van der Waals surface area contributed by atoms with Crippen molar-refractivity contribution in [2.24, 2.45) is 0 Å². The van der Waals surface area contributed by atoms with E-state index in [1.165, 1.54) is 16.7 Å². The van der Waals surface area contributed by atoms with Gasteiger partial charge in [0.2, 0.25) is 0 Å². The summed E-state index contributed by atoms with van der Waals surface area (Å²) >= 11 is 0. The first-order valence-corrected chi connectivity index (χ1v) is 6.82. The van der Waals surface area contributed by atoms with Crippen LogP contribution in [0.5, 0.6) is 0 Å². The molecule has 0 amide bonds. The molecular formula is C19H23FeN-6. The van der Waals surface area contributed by atoms with Crippen LogP contribution in [0.2, 0.25) is 0 Å². The van der Waals surface area contributed by atoms with Crippen molar-refractivity contribution in [2.75, 3.05) is 14.1 Å². The molecule has 3 rings (SSSR count). The molecule has 21 heavy (non-hydrogen) atoms. The van der Waals surface area contributed by atoms with E-state index < -0.39 is 0 Å². The van der Waals surface area contributed by atoms with Crippen LogP contribution in [-0.2, 0) is 17.1 Å². The summed E-state index contributed by atoms with van der Waals surface area (Å²) in [6, 6.07) is 26.9. The molecule has 0 unspecified atom stereocenters. The number of nitrogens with one attached hydrogen (secondary N) is 1. The van der Waals surface area contributed by atoms with E-state index in [9.17, 15) is 0 Å². The van der Waals surface area contributed by atoms with E-state index in [-0.39, 0.29) is 17.1 Å². The van der Waals surface area contributed by atoms with E-state index >= 15 is 0 Å². The quantitative estimate of drug-likeness (QED) is 0.509. The second-order valence-electron chi connectivity index (χ2n) is 4.45. The van der Waals surface area contributed by atoms with Gasteiger partial charge in [0.25, 0.3) is 0 Å². The van der Waals surface area contributed by atoms with Gasteiger partial charge in [-0.3, -0.25) is 0 Å². The van der Waals surface area contributed by atoms with Gasteiger partial charge in [0, 0.05) is 17.1 Å². The molecule has 0 fully saturated rings. The predicted octanol–water partition coefficient (Wildman–Crippen LogP) is 4.62. The van der Waals surface area contributed by atoms with Gasteiger partial charge in [-0.25, -0.2) is 0 Å². The Bertz CT molecular complexity index is 521. The molecule has 0 saturated carbocycles. The summed E-state index contributed by atoms with van der Waals surface area (Å²) in [7, 11) is 3.75. The predicted molar refractivity (Wildman–Crippen MR) is 89.2 cm³/mol. The van der Waals surface area contributed by atoms with Crippen LogP contribution in [-0.4, -0.2) is 14.1 Å². The first-order chi connectivity index (χ1) is 9.79. The van der Waals surface area contributed by atoms with E-state index in [4.69, 9.17) is 0 Å². The molecule has 0 saturated heterocycles. The number of aryl methyl sites for hydroxylation is 1. The molecule has 1 N–H and O–H groups in total. The number of hydrogen-bond acceptors (Lipinski definition) is 1. The van der Waals surface area contributed by atoms with Crippen molar-refractivity contribution in [1.29, 1.82) is 0 Å². The van der Waals surface area contributed by atoms with E-state index in [1.54, 1.807) is 0 Å². The van der Waals surface area contributed by atoms with Gasteiger partial charge in [-0.05, 0) is 14.1 Å². The first kappa shape index (κ1) is 19.4. The molecule has 118 valence electrons. The molecule has 0 heterocycles. The third kappa shape index (κ3) is 7.67. The molecule has 0 bridgehead atoms. The van der Waals surface area contributed by atoms with E-state index in [1.807, 2.05) is 50.5 Å². The van der Waals surface area contributed by atoms with Crippen LogP contribution in [0.15, 0.2) is 78.9 Å². The van der Waals surface area contributed by atoms with Crippen molar-refractivity contribution >= 4 is 0 Å². The van der Waals surface area contributed by atoms with Crippen molar-refractivity contribution in [2.45, 2.75) is 6.92 Å². The molecule has 0 aliphatic rings. The third-order valence-electron chi connectivity index (χ3n) is 2.67. The average Bonchev–Trinajstić information content (AvgIpc) is 3.14. The minimum Gasteiger partial charge on any atom is -0.748 e. The van der Waals surface area contributed by atoms with Crippen molar-refractivity contribution < 1.29 is 17.1 Å². The Labute approximate surface area is 139 Å². The zero-order valence-corrected chi connectivity index (χ0v) is 14.0. The summed E-state index contributed by atoms with van der Waals surface area (Å²) in [6.07, 6.45) is 0. The van der Waals surface area contributed by atoms with Crippen LogP contribution in [0, 0.1) is 6.92 Å². The Morgan fingerprint density at radius 3 is 1.67 bits per heavy atom. The van der Waals surface area contributed by atoms with Gasteiger partial charge in [0.05, 0.1) is 0 Å². The summed E-state index contributed by atoms with van der Waals surface area (Å²) in [5.74, 6) is 0. The van der Waals surface area contributed by atoms with Gasteiger partial charge >= 0.3 is 0 Å². The molecule has 0 atom stereocenters. The van der Waals surface area contributed by atoms with Crippen LogP contribution >= 0.6 is 0 Å². The Hall–Kier alpha value is -1.60. The van der Waals surface area contributed by atoms with Crippen LogP contribution in [0.3, 0.4) is 0 Å². The zero-order chi connectivity index (χ0) is 14.6. The van der Waals surface area contributed by atoms with Crippen molar-refractivity contribution in [3.63, 3.8) is 0 Å². The molecule has 0 aliphatic carbocycles. The molecule has 0 aromatic heterocycles. The maximum atomic E-state index is 2.75. The number of benzene rings is 1. The van der Waals surface area contributed by atoms with Crippen molar-refractivity contribution in [3.05, 3.63) is 84.4 Å².